The zero-order valence-electron chi connectivity index (χ0n) is 18.9. The van der Waals surface area contributed by atoms with Crippen LogP contribution in [-0.4, -0.2) is 46.0 Å². The number of rotatable bonds is 7. The maximum Gasteiger partial charge on any atom is 0.263 e. The summed E-state index contributed by atoms with van der Waals surface area (Å²) in [7, 11) is 0. The second-order valence-corrected chi connectivity index (χ2v) is 8.11. The highest BCUT2D eigenvalue weighted by Crippen LogP contribution is 2.29. The van der Waals surface area contributed by atoms with Gasteiger partial charge in [0, 0.05) is 36.7 Å². The number of hydrogen-bond donors (Lipinski definition) is 1. The Labute approximate surface area is 192 Å². The van der Waals surface area contributed by atoms with E-state index in [9.17, 15) is 9.59 Å². The Bertz CT molecular complexity index is 1090. The molecule has 3 aromatic rings. The standard InChI is InChI=1S/C25H28N4O4/c1-3-22(30)26-20-9-7-8-19(16-20)23-27-24(33-28-23)18-12-14-29(15-13-18)25(31)17(2)32-21-10-5-4-6-11-21/h4-11,16-18H,3,12-15H2,1-2H3,(H,26,30)/t17-/m0/s1. The van der Waals surface area contributed by atoms with Gasteiger partial charge in [0.05, 0.1) is 0 Å². The fourth-order valence-electron chi connectivity index (χ4n) is 3.86. The van der Waals surface area contributed by atoms with E-state index in [2.05, 4.69) is 15.5 Å². The van der Waals surface area contributed by atoms with Crippen molar-refractivity contribution >= 4 is 17.5 Å². The summed E-state index contributed by atoms with van der Waals surface area (Å²) in [4.78, 5) is 30.9. The first-order chi connectivity index (χ1) is 16.0. The van der Waals surface area contributed by atoms with Crippen molar-refractivity contribution in [1.82, 2.24) is 15.0 Å². The van der Waals surface area contributed by atoms with Crippen molar-refractivity contribution in [1.29, 1.82) is 0 Å². The molecule has 4 rings (SSSR count). The van der Waals surface area contributed by atoms with Crippen LogP contribution in [0.5, 0.6) is 5.75 Å². The van der Waals surface area contributed by atoms with Crippen molar-refractivity contribution in [3.63, 3.8) is 0 Å². The summed E-state index contributed by atoms with van der Waals surface area (Å²) in [5.74, 6) is 1.78. The molecule has 1 aromatic heterocycles. The molecule has 0 radical (unpaired) electrons. The van der Waals surface area contributed by atoms with Crippen LogP contribution in [0.2, 0.25) is 0 Å². The van der Waals surface area contributed by atoms with E-state index in [0.717, 1.165) is 18.4 Å². The lowest BCUT2D eigenvalue weighted by molar-refractivity contribution is -0.139. The van der Waals surface area contributed by atoms with Crippen molar-refractivity contribution in [2.45, 2.75) is 45.1 Å². The Balaban J connectivity index is 1.34. The molecule has 1 aliphatic heterocycles. The Morgan fingerprint density at radius 2 is 1.91 bits per heavy atom. The number of hydrogen-bond acceptors (Lipinski definition) is 6. The Hall–Kier alpha value is -3.68. The summed E-state index contributed by atoms with van der Waals surface area (Å²) in [6, 6.07) is 16.7. The SMILES string of the molecule is CCC(=O)Nc1cccc(-c2noc(C3CCN(C(=O)[C@H](C)Oc4ccccc4)CC3)n2)c1. The third-order valence-corrected chi connectivity index (χ3v) is 5.73. The van der Waals surface area contributed by atoms with Gasteiger partial charge in [0.2, 0.25) is 17.6 Å². The summed E-state index contributed by atoms with van der Waals surface area (Å²) >= 11 is 0. The maximum atomic E-state index is 12.8. The normalized spacial score (nSPS) is 15.2. The first-order valence-corrected chi connectivity index (χ1v) is 11.3. The summed E-state index contributed by atoms with van der Waals surface area (Å²) in [6.07, 6.45) is 1.37. The summed E-state index contributed by atoms with van der Waals surface area (Å²) < 4.78 is 11.3. The third kappa shape index (κ3) is 5.58. The molecule has 0 saturated carbocycles. The fraction of sp³-hybridized carbons (Fsp3) is 0.360. The number of nitrogens with zero attached hydrogens (tertiary/aromatic N) is 3. The number of amides is 2. The number of carbonyl (C=O) groups is 2. The highest BCUT2D eigenvalue weighted by atomic mass is 16.5. The molecule has 2 aromatic carbocycles. The van der Waals surface area contributed by atoms with Crippen LogP contribution in [0.25, 0.3) is 11.4 Å². The average Bonchev–Trinajstić information content (AvgIpc) is 3.35. The van der Waals surface area contributed by atoms with Crippen molar-refractivity contribution < 1.29 is 18.8 Å². The molecule has 8 heteroatoms. The minimum absolute atomic E-state index is 0.0190. The van der Waals surface area contributed by atoms with Crippen LogP contribution in [0, 0.1) is 0 Å². The van der Waals surface area contributed by atoms with E-state index in [1.165, 1.54) is 0 Å². The molecule has 1 aliphatic rings. The number of nitrogens with one attached hydrogen (secondary N) is 1. The fourth-order valence-corrected chi connectivity index (χ4v) is 3.86. The predicted molar refractivity (Wildman–Crippen MR) is 124 cm³/mol. The van der Waals surface area contributed by atoms with Gasteiger partial charge in [-0.05, 0) is 44.0 Å². The van der Waals surface area contributed by atoms with E-state index >= 15 is 0 Å². The maximum absolute atomic E-state index is 12.8. The first kappa shape index (κ1) is 22.5. The Kier molecular flexibility index (Phi) is 7.02. The van der Waals surface area contributed by atoms with Gasteiger partial charge in [-0.3, -0.25) is 9.59 Å². The molecule has 8 nitrogen and oxygen atoms in total. The van der Waals surface area contributed by atoms with Gasteiger partial charge >= 0.3 is 0 Å². The van der Waals surface area contributed by atoms with Crippen LogP contribution in [0.15, 0.2) is 59.1 Å². The molecule has 1 fully saturated rings. The molecule has 2 amide bonds. The van der Waals surface area contributed by atoms with Crippen LogP contribution < -0.4 is 10.1 Å². The summed E-state index contributed by atoms with van der Waals surface area (Å²) in [5, 5.41) is 6.97. The lowest BCUT2D eigenvalue weighted by atomic mass is 9.96. The minimum atomic E-state index is -0.542. The van der Waals surface area contributed by atoms with Crippen LogP contribution in [-0.2, 0) is 9.59 Å². The lowest BCUT2D eigenvalue weighted by Crippen LogP contribution is -2.44. The zero-order valence-corrected chi connectivity index (χ0v) is 18.9. The highest BCUT2D eigenvalue weighted by molar-refractivity contribution is 5.91. The Morgan fingerprint density at radius 1 is 1.15 bits per heavy atom. The number of ether oxygens (including phenoxy) is 1. The minimum Gasteiger partial charge on any atom is -0.481 e. The quantitative estimate of drug-likeness (QED) is 0.580. The van der Waals surface area contributed by atoms with Crippen LogP contribution in [0.4, 0.5) is 5.69 Å². The zero-order chi connectivity index (χ0) is 23.2. The van der Waals surface area contributed by atoms with Crippen LogP contribution in [0.1, 0.15) is 44.9 Å². The number of anilines is 1. The van der Waals surface area contributed by atoms with E-state index in [-0.39, 0.29) is 17.7 Å². The molecule has 0 unspecified atom stereocenters. The predicted octanol–water partition coefficient (Wildman–Crippen LogP) is 4.26. The molecule has 33 heavy (non-hydrogen) atoms. The van der Waals surface area contributed by atoms with Gasteiger partial charge in [0.25, 0.3) is 5.91 Å². The number of benzene rings is 2. The number of likely N-dealkylation sites (tertiary alicyclic amines) is 1. The number of piperidine rings is 1. The second kappa shape index (κ2) is 10.3. The molecule has 1 atom stereocenters. The van der Waals surface area contributed by atoms with Gasteiger partial charge in [-0.1, -0.05) is 42.4 Å². The van der Waals surface area contributed by atoms with Gasteiger partial charge < -0.3 is 19.5 Å². The largest absolute Gasteiger partial charge is 0.481 e. The molecule has 0 bridgehead atoms. The topological polar surface area (TPSA) is 97.6 Å². The van der Waals surface area contributed by atoms with Gasteiger partial charge in [-0.15, -0.1) is 0 Å². The molecule has 0 aliphatic carbocycles. The van der Waals surface area contributed by atoms with Gasteiger partial charge in [0.1, 0.15) is 5.75 Å². The molecule has 1 saturated heterocycles. The van der Waals surface area contributed by atoms with Gasteiger partial charge in [-0.2, -0.15) is 4.98 Å². The lowest BCUT2D eigenvalue weighted by Gasteiger charge is -2.32. The molecular formula is C25H28N4O4. The molecule has 0 spiro atoms. The monoisotopic (exact) mass is 448 g/mol. The Morgan fingerprint density at radius 3 is 2.64 bits per heavy atom. The van der Waals surface area contributed by atoms with Gasteiger partial charge in [-0.25, -0.2) is 0 Å². The molecule has 172 valence electrons. The molecular weight excluding hydrogens is 420 g/mol. The average molecular weight is 449 g/mol. The van der Waals surface area contributed by atoms with E-state index in [4.69, 9.17) is 9.26 Å². The van der Waals surface area contributed by atoms with E-state index < -0.39 is 6.10 Å². The summed E-state index contributed by atoms with van der Waals surface area (Å²) in [6.45, 7) is 4.81. The smallest absolute Gasteiger partial charge is 0.263 e. The van der Waals surface area contributed by atoms with Crippen molar-refractivity contribution in [2.24, 2.45) is 0 Å². The van der Waals surface area contributed by atoms with E-state index in [0.29, 0.717) is 42.7 Å². The number of para-hydroxylation sites is 1. The highest BCUT2D eigenvalue weighted by Gasteiger charge is 2.30. The van der Waals surface area contributed by atoms with E-state index in [1.54, 1.807) is 13.8 Å². The van der Waals surface area contributed by atoms with Crippen LogP contribution >= 0.6 is 0 Å². The van der Waals surface area contributed by atoms with Crippen molar-refractivity contribution in [3.8, 4) is 17.1 Å². The number of carbonyl (C=O) groups excluding carboxylic acids is 2. The second-order valence-electron chi connectivity index (χ2n) is 8.11. The summed E-state index contributed by atoms with van der Waals surface area (Å²) in [5.41, 5.74) is 1.47. The van der Waals surface area contributed by atoms with Crippen molar-refractivity contribution in [3.05, 3.63) is 60.5 Å². The van der Waals surface area contributed by atoms with E-state index in [1.807, 2.05) is 59.5 Å². The van der Waals surface area contributed by atoms with Crippen molar-refractivity contribution in [2.75, 3.05) is 18.4 Å². The van der Waals surface area contributed by atoms with Crippen LogP contribution in [0.3, 0.4) is 0 Å². The molecule has 2 heterocycles. The first-order valence-electron chi connectivity index (χ1n) is 11.3. The third-order valence-electron chi connectivity index (χ3n) is 5.73. The van der Waals surface area contributed by atoms with Gasteiger partial charge in [0.15, 0.2) is 6.10 Å². The molecule has 1 N–H and O–H groups in total. The number of aromatic nitrogens is 2.